The maximum absolute atomic E-state index is 11.5. The maximum Gasteiger partial charge on any atom is 0.339 e. The van der Waals surface area contributed by atoms with Gasteiger partial charge in [0.25, 0.3) is 0 Å². The first-order valence-electron chi connectivity index (χ1n) is 6.09. The van der Waals surface area contributed by atoms with Gasteiger partial charge in [0.2, 0.25) is 0 Å². The number of nitrogens with zero attached hydrogens (tertiary/aromatic N) is 2. The molecular formula is C13H19N3O2S. The number of hydrogen-bond acceptors (Lipinski definition) is 5. The summed E-state index contributed by atoms with van der Waals surface area (Å²) in [5.74, 6) is 0.503. The molecule has 5 nitrogen and oxygen atoms in total. The van der Waals surface area contributed by atoms with Crippen LogP contribution < -0.4 is 10.6 Å². The summed E-state index contributed by atoms with van der Waals surface area (Å²) in [6.07, 6.45) is 1.51. The molecule has 1 unspecified atom stereocenters. The van der Waals surface area contributed by atoms with Crippen LogP contribution in [0.25, 0.3) is 0 Å². The van der Waals surface area contributed by atoms with Gasteiger partial charge in [-0.05, 0) is 19.1 Å². The number of anilines is 1. The lowest BCUT2D eigenvalue weighted by atomic mass is 10.1. The molecule has 1 rings (SSSR count). The van der Waals surface area contributed by atoms with Crippen molar-refractivity contribution in [2.45, 2.75) is 13.8 Å². The van der Waals surface area contributed by atoms with Crippen molar-refractivity contribution in [3.63, 3.8) is 0 Å². The largest absolute Gasteiger partial charge is 0.462 e. The summed E-state index contributed by atoms with van der Waals surface area (Å²) < 4.78 is 4.90. The molecule has 2 N–H and O–H groups in total. The molecule has 0 saturated carbocycles. The zero-order chi connectivity index (χ0) is 14.4. The van der Waals surface area contributed by atoms with Crippen molar-refractivity contribution in [1.29, 1.82) is 0 Å². The summed E-state index contributed by atoms with van der Waals surface area (Å²) >= 11 is 4.94. The third kappa shape index (κ3) is 4.48. The van der Waals surface area contributed by atoms with Gasteiger partial charge < -0.3 is 15.4 Å². The highest BCUT2D eigenvalue weighted by molar-refractivity contribution is 7.80. The van der Waals surface area contributed by atoms with Crippen LogP contribution in [0.3, 0.4) is 0 Å². The van der Waals surface area contributed by atoms with Crippen LogP contribution in [0.2, 0.25) is 0 Å². The van der Waals surface area contributed by atoms with Crippen molar-refractivity contribution in [2.75, 3.05) is 25.1 Å². The number of carbonyl (C=O) groups excluding carboxylic acids is 1. The molecule has 0 aliphatic carbocycles. The van der Waals surface area contributed by atoms with E-state index < -0.39 is 0 Å². The average Bonchev–Trinajstić information content (AvgIpc) is 2.39. The van der Waals surface area contributed by atoms with Crippen molar-refractivity contribution < 1.29 is 9.53 Å². The molecule has 0 saturated heterocycles. The first kappa shape index (κ1) is 15.4. The Balaban J connectivity index is 2.70. The Labute approximate surface area is 118 Å². The lowest BCUT2D eigenvalue weighted by molar-refractivity contribution is 0.0526. The second kappa shape index (κ2) is 7.04. The predicted molar refractivity (Wildman–Crippen MR) is 79.4 cm³/mol. The number of hydrogen-bond donors (Lipinski definition) is 1. The summed E-state index contributed by atoms with van der Waals surface area (Å²) in [4.78, 5) is 18.1. The Morgan fingerprint density at radius 1 is 1.58 bits per heavy atom. The van der Waals surface area contributed by atoms with E-state index in [2.05, 4.69) is 4.98 Å². The molecule has 0 radical (unpaired) electrons. The zero-order valence-electron chi connectivity index (χ0n) is 11.4. The number of ether oxygens (including phenoxy) is 1. The van der Waals surface area contributed by atoms with Gasteiger partial charge >= 0.3 is 5.97 Å². The topological polar surface area (TPSA) is 68.5 Å². The fraction of sp³-hybridized carbons (Fsp3) is 0.462. The molecule has 1 aromatic rings. The Morgan fingerprint density at radius 2 is 2.26 bits per heavy atom. The molecule has 0 fully saturated rings. The molecule has 19 heavy (non-hydrogen) atoms. The van der Waals surface area contributed by atoms with Crippen LogP contribution in [0.5, 0.6) is 0 Å². The van der Waals surface area contributed by atoms with E-state index in [0.29, 0.717) is 23.7 Å². The Hall–Kier alpha value is -1.69. The summed E-state index contributed by atoms with van der Waals surface area (Å²) in [6, 6.07) is 3.47. The van der Waals surface area contributed by atoms with Crippen LogP contribution in [-0.2, 0) is 4.74 Å². The van der Waals surface area contributed by atoms with Crippen LogP contribution in [-0.4, -0.2) is 36.1 Å². The highest BCUT2D eigenvalue weighted by Gasteiger charge is 2.12. The number of rotatable bonds is 6. The fourth-order valence-corrected chi connectivity index (χ4v) is 1.62. The van der Waals surface area contributed by atoms with Gasteiger partial charge in [-0.1, -0.05) is 19.1 Å². The van der Waals surface area contributed by atoms with E-state index in [1.807, 2.05) is 18.9 Å². The maximum atomic E-state index is 11.5. The molecule has 0 spiro atoms. The molecule has 0 aromatic carbocycles. The summed E-state index contributed by atoms with van der Waals surface area (Å²) in [5.41, 5.74) is 6.03. The van der Waals surface area contributed by atoms with Crippen LogP contribution >= 0.6 is 12.2 Å². The van der Waals surface area contributed by atoms with Gasteiger partial charge in [-0.3, -0.25) is 0 Å². The smallest absolute Gasteiger partial charge is 0.339 e. The molecule has 1 aromatic heterocycles. The molecule has 6 heteroatoms. The molecule has 1 heterocycles. The Kier molecular flexibility index (Phi) is 5.69. The van der Waals surface area contributed by atoms with Crippen molar-refractivity contribution in [3.05, 3.63) is 23.9 Å². The van der Waals surface area contributed by atoms with Crippen molar-refractivity contribution in [1.82, 2.24) is 4.98 Å². The first-order chi connectivity index (χ1) is 8.95. The standard InChI is InChI=1S/C13H19N3O2S/c1-4-18-13(17)10-5-6-11(15-7-10)16(3)8-9(2)12(14)19/h5-7,9H,4,8H2,1-3H3,(H2,14,19). The first-order valence-corrected chi connectivity index (χ1v) is 6.50. The van der Waals surface area contributed by atoms with Gasteiger partial charge in [-0.25, -0.2) is 9.78 Å². The van der Waals surface area contributed by atoms with E-state index >= 15 is 0 Å². The molecule has 1 atom stereocenters. The minimum absolute atomic E-state index is 0.103. The second-order valence-electron chi connectivity index (χ2n) is 4.31. The predicted octanol–water partition coefficient (Wildman–Crippen LogP) is 1.62. The number of thiocarbonyl (C=S) groups is 1. The SMILES string of the molecule is CCOC(=O)c1ccc(N(C)CC(C)C(N)=S)nc1. The lowest BCUT2D eigenvalue weighted by Crippen LogP contribution is -2.31. The molecule has 0 bridgehead atoms. The quantitative estimate of drug-likeness (QED) is 0.631. The van der Waals surface area contributed by atoms with E-state index in [0.717, 1.165) is 5.82 Å². The zero-order valence-corrected chi connectivity index (χ0v) is 12.2. The van der Waals surface area contributed by atoms with Crippen molar-refractivity contribution >= 4 is 29.0 Å². The third-order valence-electron chi connectivity index (χ3n) is 2.68. The second-order valence-corrected chi connectivity index (χ2v) is 4.78. The molecule has 0 aliphatic rings. The van der Waals surface area contributed by atoms with Gasteiger partial charge in [-0.15, -0.1) is 0 Å². The molecular weight excluding hydrogens is 262 g/mol. The van der Waals surface area contributed by atoms with E-state index in [9.17, 15) is 4.79 Å². The van der Waals surface area contributed by atoms with Gasteiger partial charge in [0.15, 0.2) is 0 Å². The Morgan fingerprint density at radius 3 is 2.74 bits per heavy atom. The van der Waals surface area contributed by atoms with E-state index in [1.54, 1.807) is 19.1 Å². The lowest BCUT2D eigenvalue weighted by Gasteiger charge is -2.21. The van der Waals surface area contributed by atoms with Gasteiger partial charge in [0.05, 0.1) is 17.2 Å². The minimum Gasteiger partial charge on any atom is -0.462 e. The number of aromatic nitrogens is 1. The number of pyridine rings is 1. The Bertz CT molecular complexity index is 448. The number of nitrogens with two attached hydrogens (primary N) is 1. The summed E-state index contributed by atoms with van der Waals surface area (Å²) in [7, 11) is 1.90. The monoisotopic (exact) mass is 281 g/mol. The minimum atomic E-state index is -0.360. The number of carbonyl (C=O) groups is 1. The molecule has 104 valence electrons. The average molecular weight is 281 g/mol. The fourth-order valence-electron chi connectivity index (χ4n) is 1.54. The molecule has 0 amide bonds. The summed E-state index contributed by atoms with van der Waals surface area (Å²) in [6.45, 7) is 4.77. The number of esters is 1. The van der Waals surface area contributed by atoms with Crippen LogP contribution in [0.4, 0.5) is 5.82 Å². The van der Waals surface area contributed by atoms with Gasteiger partial charge in [-0.2, -0.15) is 0 Å². The van der Waals surface area contributed by atoms with Crippen LogP contribution in [0.15, 0.2) is 18.3 Å². The van der Waals surface area contributed by atoms with Crippen molar-refractivity contribution in [2.24, 2.45) is 11.7 Å². The van der Waals surface area contributed by atoms with E-state index in [-0.39, 0.29) is 11.9 Å². The van der Waals surface area contributed by atoms with Crippen LogP contribution in [0.1, 0.15) is 24.2 Å². The molecule has 0 aliphatic heterocycles. The van der Waals surface area contributed by atoms with Crippen LogP contribution in [0, 0.1) is 5.92 Å². The van der Waals surface area contributed by atoms with E-state index in [4.69, 9.17) is 22.7 Å². The highest BCUT2D eigenvalue weighted by atomic mass is 32.1. The third-order valence-corrected chi connectivity index (χ3v) is 3.09. The van der Waals surface area contributed by atoms with Gasteiger partial charge in [0.1, 0.15) is 5.82 Å². The van der Waals surface area contributed by atoms with E-state index in [1.165, 1.54) is 6.20 Å². The van der Waals surface area contributed by atoms with Gasteiger partial charge in [0, 0.05) is 25.7 Å². The van der Waals surface area contributed by atoms with Crippen molar-refractivity contribution in [3.8, 4) is 0 Å². The normalized spacial score (nSPS) is 11.7. The highest BCUT2D eigenvalue weighted by Crippen LogP contribution is 2.12. The summed E-state index contributed by atoms with van der Waals surface area (Å²) in [5, 5.41) is 0.